The smallest absolute Gasteiger partial charge is 0.0340 e. The van der Waals surface area contributed by atoms with Gasteiger partial charge in [0.05, 0.1) is 0 Å². The van der Waals surface area contributed by atoms with Crippen LogP contribution < -0.4 is 5.32 Å². The molecule has 1 aromatic rings. The molecule has 3 heteroatoms. The number of anilines is 1. The Labute approximate surface area is 117 Å². The molecule has 1 fully saturated rings. The van der Waals surface area contributed by atoms with E-state index < -0.39 is 0 Å². The van der Waals surface area contributed by atoms with E-state index in [0.29, 0.717) is 0 Å². The summed E-state index contributed by atoms with van der Waals surface area (Å²) in [6, 6.07) is 11.2. The van der Waals surface area contributed by atoms with Crippen molar-refractivity contribution in [2.45, 2.75) is 25.8 Å². The van der Waals surface area contributed by atoms with Crippen LogP contribution in [0.25, 0.3) is 0 Å². The van der Waals surface area contributed by atoms with Gasteiger partial charge in [-0.15, -0.1) is 0 Å². The molecule has 1 aromatic carbocycles. The van der Waals surface area contributed by atoms with Gasteiger partial charge >= 0.3 is 0 Å². The molecular formula is C16H27N3. The fraction of sp³-hybridized carbons (Fsp3) is 0.625. The van der Waals surface area contributed by atoms with Crippen LogP contribution in [0.5, 0.6) is 0 Å². The standard InChI is InChI=1S/C16H27N3/c1-3-19-12-7-10-16(19)14-18(2)13-11-17-15-8-5-4-6-9-15/h4-6,8-9,16-17H,3,7,10-14H2,1-2H3. The molecule has 0 amide bonds. The van der Waals surface area contributed by atoms with Gasteiger partial charge in [-0.1, -0.05) is 25.1 Å². The number of benzene rings is 1. The SMILES string of the molecule is CCN1CCCC1CN(C)CCNc1ccccc1. The van der Waals surface area contributed by atoms with Crippen molar-refractivity contribution < 1.29 is 0 Å². The molecule has 1 atom stereocenters. The summed E-state index contributed by atoms with van der Waals surface area (Å²) in [7, 11) is 2.23. The molecule has 1 heterocycles. The fourth-order valence-corrected chi connectivity index (χ4v) is 2.92. The number of rotatable bonds is 7. The second-order valence-corrected chi connectivity index (χ2v) is 5.48. The second kappa shape index (κ2) is 7.51. The third kappa shape index (κ3) is 4.51. The van der Waals surface area contributed by atoms with Gasteiger partial charge in [0.1, 0.15) is 0 Å². The molecule has 0 aromatic heterocycles. The van der Waals surface area contributed by atoms with E-state index in [1.54, 1.807) is 0 Å². The number of likely N-dealkylation sites (N-methyl/N-ethyl adjacent to an activating group) is 2. The molecule has 0 bridgehead atoms. The lowest BCUT2D eigenvalue weighted by Crippen LogP contribution is -2.40. The van der Waals surface area contributed by atoms with Gasteiger partial charge in [0.25, 0.3) is 0 Å². The van der Waals surface area contributed by atoms with Crippen molar-refractivity contribution in [1.29, 1.82) is 0 Å². The molecule has 0 spiro atoms. The van der Waals surface area contributed by atoms with Crippen LogP contribution in [-0.4, -0.2) is 55.6 Å². The van der Waals surface area contributed by atoms with Crippen molar-refractivity contribution in [3.05, 3.63) is 30.3 Å². The summed E-state index contributed by atoms with van der Waals surface area (Å²) in [6.07, 6.45) is 2.74. The Morgan fingerprint density at radius 2 is 2.11 bits per heavy atom. The monoisotopic (exact) mass is 261 g/mol. The Kier molecular flexibility index (Phi) is 5.67. The third-order valence-corrected chi connectivity index (χ3v) is 4.02. The molecule has 1 unspecified atom stereocenters. The molecule has 19 heavy (non-hydrogen) atoms. The lowest BCUT2D eigenvalue weighted by atomic mass is 10.2. The predicted octanol–water partition coefficient (Wildman–Crippen LogP) is 2.51. The number of hydrogen-bond acceptors (Lipinski definition) is 3. The van der Waals surface area contributed by atoms with E-state index in [4.69, 9.17) is 0 Å². The van der Waals surface area contributed by atoms with E-state index in [9.17, 15) is 0 Å². The highest BCUT2D eigenvalue weighted by atomic mass is 15.2. The number of nitrogens with one attached hydrogen (secondary N) is 1. The quantitative estimate of drug-likeness (QED) is 0.813. The highest BCUT2D eigenvalue weighted by Crippen LogP contribution is 2.17. The van der Waals surface area contributed by atoms with E-state index in [1.165, 1.54) is 38.2 Å². The van der Waals surface area contributed by atoms with Crippen LogP contribution in [0.1, 0.15) is 19.8 Å². The fourth-order valence-electron chi connectivity index (χ4n) is 2.92. The Balaban J connectivity index is 1.66. The van der Waals surface area contributed by atoms with Crippen LogP contribution in [-0.2, 0) is 0 Å². The van der Waals surface area contributed by atoms with Crippen molar-refractivity contribution in [2.75, 3.05) is 45.1 Å². The van der Waals surface area contributed by atoms with Gasteiger partial charge in [0.15, 0.2) is 0 Å². The number of likely N-dealkylation sites (tertiary alicyclic amines) is 1. The van der Waals surface area contributed by atoms with Crippen LogP contribution in [0.15, 0.2) is 30.3 Å². The zero-order chi connectivity index (χ0) is 13.5. The maximum Gasteiger partial charge on any atom is 0.0340 e. The third-order valence-electron chi connectivity index (χ3n) is 4.02. The zero-order valence-electron chi connectivity index (χ0n) is 12.3. The largest absolute Gasteiger partial charge is 0.384 e. The average Bonchev–Trinajstić information content (AvgIpc) is 2.87. The molecule has 2 rings (SSSR count). The molecule has 1 saturated heterocycles. The first kappa shape index (κ1) is 14.4. The summed E-state index contributed by atoms with van der Waals surface area (Å²) < 4.78 is 0. The first-order valence-electron chi connectivity index (χ1n) is 7.51. The minimum atomic E-state index is 0.770. The van der Waals surface area contributed by atoms with Gasteiger partial charge in [-0.2, -0.15) is 0 Å². The van der Waals surface area contributed by atoms with Gasteiger partial charge < -0.3 is 10.2 Å². The molecule has 0 radical (unpaired) electrons. The molecule has 106 valence electrons. The lowest BCUT2D eigenvalue weighted by molar-refractivity contribution is 0.202. The highest BCUT2D eigenvalue weighted by Gasteiger charge is 2.23. The van der Waals surface area contributed by atoms with Gasteiger partial charge in [-0.3, -0.25) is 4.90 Å². The van der Waals surface area contributed by atoms with E-state index in [-0.39, 0.29) is 0 Å². The van der Waals surface area contributed by atoms with Crippen molar-refractivity contribution in [1.82, 2.24) is 9.80 Å². The van der Waals surface area contributed by atoms with Crippen LogP contribution in [0.2, 0.25) is 0 Å². The number of hydrogen-bond donors (Lipinski definition) is 1. The maximum atomic E-state index is 3.47. The van der Waals surface area contributed by atoms with E-state index in [0.717, 1.165) is 19.1 Å². The molecule has 1 aliphatic rings. The minimum Gasteiger partial charge on any atom is -0.384 e. The minimum absolute atomic E-state index is 0.770. The van der Waals surface area contributed by atoms with Gasteiger partial charge in [0.2, 0.25) is 0 Å². The van der Waals surface area contributed by atoms with Crippen molar-refractivity contribution in [2.24, 2.45) is 0 Å². The van der Waals surface area contributed by atoms with E-state index in [1.807, 2.05) is 0 Å². The summed E-state index contributed by atoms with van der Waals surface area (Å²) in [4.78, 5) is 5.07. The summed E-state index contributed by atoms with van der Waals surface area (Å²) in [5.41, 5.74) is 1.21. The van der Waals surface area contributed by atoms with Gasteiger partial charge in [0, 0.05) is 31.4 Å². The molecule has 1 aliphatic heterocycles. The highest BCUT2D eigenvalue weighted by molar-refractivity contribution is 5.42. The topological polar surface area (TPSA) is 18.5 Å². The summed E-state index contributed by atoms with van der Waals surface area (Å²) in [5, 5.41) is 3.47. The van der Waals surface area contributed by atoms with Gasteiger partial charge in [-0.25, -0.2) is 0 Å². The van der Waals surface area contributed by atoms with Gasteiger partial charge in [-0.05, 0) is 45.1 Å². The number of para-hydroxylation sites is 1. The maximum absolute atomic E-state index is 3.47. The summed E-state index contributed by atoms with van der Waals surface area (Å²) in [6.45, 7) is 8.07. The van der Waals surface area contributed by atoms with Crippen LogP contribution in [0.4, 0.5) is 5.69 Å². The summed E-state index contributed by atoms with van der Waals surface area (Å²) >= 11 is 0. The Morgan fingerprint density at radius 1 is 1.32 bits per heavy atom. The van der Waals surface area contributed by atoms with Crippen molar-refractivity contribution in [3.8, 4) is 0 Å². The first-order chi connectivity index (χ1) is 9.29. The Morgan fingerprint density at radius 3 is 2.84 bits per heavy atom. The van der Waals surface area contributed by atoms with Crippen LogP contribution >= 0.6 is 0 Å². The molecule has 0 aliphatic carbocycles. The zero-order valence-corrected chi connectivity index (χ0v) is 12.3. The Hall–Kier alpha value is -1.06. The van der Waals surface area contributed by atoms with Crippen molar-refractivity contribution in [3.63, 3.8) is 0 Å². The molecule has 1 N–H and O–H groups in total. The molecular weight excluding hydrogens is 234 g/mol. The number of nitrogens with zero attached hydrogens (tertiary/aromatic N) is 2. The van der Waals surface area contributed by atoms with Crippen LogP contribution in [0.3, 0.4) is 0 Å². The van der Waals surface area contributed by atoms with Crippen LogP contribution in [0, 0.1) is 0 Å². The molecule has 3 nitrogen and oxygen atoms in total. The molecule has 0 saturated carbocycles. The normalized spacial score (nSPS) is 20.1. The lowest BCUT2D eigenvalue weighted by Gasteiger charge is -2.27. The van der Waals surface area contributed by atoms with Crippen molar-refractivity contribution >= 4 is 5.69 Å². The first-order valence-corrected chi connectivity index (χ1v) is 7.51. The Bertz CT molecular complexity index is 352. The predicted molar refractivity (Wildman–Crippen MR) is 82.7 cm³/mol. The summed E-state index contributed by atoms with van der Waals surface area (Å²) in [5.74, 6) is 0. The van der Waals surface area contributed by atoms with E-state index in [2.05, 4.69) is 59.4 Å². The second-order valence-electron chi connectivity index (χ2n) is 5.48. The average molecular weight is 261 g/mol. The van der Waals surface area contributed by atoms with E-state index >= 15 is 0 Å².